The Labute approximate surface area is 179 Å². The first kappa shape index (κ1) is 21.2. The third-order valence-corrected chi connectivity index (χ3v) is 6.11. The summed E-state index contributed by atoms with van der Waals surface area (Å²) in [7, 11) is 0. The van der Waals surface area contributed by atoms with Crippen LogP contribution in [0.25, 0.3) is 5.69 Å². The molecule has 0 spiro atoms. The predicted molar refractivity (Wildman–Crippen MR) is 110 cm³/mol. The van der Waals surface area contributed by atoms with Crippen LogP contribution in [0, 0.1) is 6.92 Å². The molecular weight excluding hydrogens is 410 g/mol. The maximum atomic E-state index is 13.3. The van der Waals surface area contributed by atoms with Crippen LogP contribution in [0.3, 0.4) is 0 Å². The third kappa shape index (κ3) is 4.21. The molecule has 4 rings (SSSR count). The van der Waals surface area contributed by atoms with E-state index in [1.165, 1.54) is 0 Å². The number of aromatic nitrogens is 3. The molecule has 10 heteroatoms. The fraction of sp³-hybridized carbons (Fsp3) is 0.550. The van der Waals surface area contributed by atoms with Crippen LogP contribution in [0.2, 0.25) is 5.02 Å². The van der Waals surface area contributed by atoms with E-state index < -0.39 is 12.2 Å². The van der Waals surface area contributed by atoms with Crippen molar-refractivity contribution in [3.05, 3.63) is 40.7 Å². The van der Waals surface area contributed by atoms with Crippen molar-refractivity contribution in [2.45, 2.75) is 31.6 Å². The minimum atomic E-state index is -0.924. The summed E-state index contributed by atoms with van der Waals surface area (Å²) in [4.78, 5) is 17.0. The smallest absolute Gasteiger partial charge is 0.276 e. The Bertz CT molecular complexity index is 884. The summed E-state index contributed by atoms with van der Waals surface area (Å²) in [5, 5.41) is 29.9. The highest BCUT2D eigenvalue weighted by atomic mass is 35.5. The largest absolute Gasteiger partial charge is 0.390 e. The Morgan fingerprint density at radius 1 is 1.17 bits per heavy atom. The van der Waals surface area contributed by atoms with Gasteiger partial charge in [-0.15, -0.1) is 5.10 Å². The van der Waals surface area contributed by atoms with Gasteiger partial charge in [-0.1, -0.05) is 16.8 Å². The van der Waals surface area contributed by atoms with Gasteiger partial charge in [0, 0.05) is 31.2 Å². The average Bonchev–Trinajstić information content (AvgIpc) is 3.07. The van der Waals surface area contributed by atoms with E-state index in [0.29, 0.717) is 56.5 Å². The number of carbonyl (C=O) groups excluding carboxylic acids is 1. The third-order valence-electron chi connectivity index (χ3n) is 5.86. The molecule has 2 aliphatic heterocycles. The minimum Gasteiger partial charge on any atom is -0.390 e. The van der Waals surface area contributed by atoms with Crippen molar-refractivity contribution in [2.24, 2.45) is 0 Å². The second-order valence-electron chi connectivity index (χ2n) is 7.73. The van der Waals surface area contributed by atoms with Gasteiger partial charge >= 0.3 is 0 Å². The predicted octanol–water partition coefficient (Wildman–Crippen LogP) is 0.498. The molecule has 0 saturated carbocycles. The first-order valence-electron chi connectivity index (χ1n) is 10.1. The van der Waals surface area contributed by atoms with Crippen molar-refractivity contribution in [1.82, 2.24) is 24.8 Å². The number of aliphatic hydroxyl groups is 2. The number of aliphatic hydroxyl groups excluding tert-OH is 2. The van der Waals surface area contributed by atoms with E-state index in [-0.39, 0.29) is 17.6 Å². The molecule has 30 heavy (non-hydrogen) atoms. The highest BCUT2D eigenvalue weighted by Crippen LogP contribution is 2.22. The summed E-state index contributed by atoms with van der Waals surface area (Å²) >= 11 is 5.95. The zero-order valence-corrected chi connectivity index (χ0v) is 17.6. The van der Waals surface area contributed by atoms with Crippen molar-refractivity contribution in [1.29, 1.82) is 0 Å². The lowest BCUT2D eigenvalue weighted by Crippen LogP contribution is -2.55. The number of rotatable bonds is 3. The fourth-order valence-corrected chi connectivity index (χ4v) is 4.20. The van der Waals surface area contributed by atoms with E-state index in [9.17, 15) is 15.0 Å². The lowest BCUT2D eigenvalue weighted by Gasteiger charge is -2.38. The van der Waals surface area contributed by atoms with Crippen LogP contribution >= 0.6 is 11.6 Å². The van der Waals surface area contributed by atoms with Crippen LogP contribution in [-0.2, 0) is 4.74 Å². The number of likely N-dealkylation sites (tertiary alicyclic amines) is 1. The first-order chi connectivity index (χ1) is 14.5. The van der Waals surface area contributed by atoms with Gasteiger partial charge in [0.25, 0.3) is 5.91 Å². The minimum absolute atomic E-state index is 0.257. The molecule has 2 aromatic rings. The Kier molecular flexibility index (Phi) is 6.35. The Balaban J connectivity index is 1.57. The van der Waals surface area contributed by atoms with E-state index in [1.54, 1.807) is 28.6 Å². The number of carbonyl (C=O) groups is 1. The van der Waals surface area contributed by atoms with Crippen LogP contribution in [0.1, 0.15) is 22.6 Å². The molecule has 1 amide bonds. The van der Waals surface area contributed by atoms with Crippen molar-refractivity contribution in [3.8, 4) is 5.69 Å². The van der Waals surface area contributed by atoms with Gasteiger partial charge in [0.05, 0.1) is 42.8 Å². The summed E-state index contributed by atoms with van der Waals surface area (Å²) < 4.78 is 7.00. The number of hydrogen-bond acceptors (Lipinski definition) is 7. The summed E-state index contributed by atoms with van der Waals surface area (Å²) in [5.41, 5.74) is 1.64. The van der Waals surface area contributed by atoms with E-state index in [1.807, 2.05) is 12.1 Å². The molecule has 2 N–H and O–H groups in total. The molecule has 0 bridgehead atoms. The van der Waals surface area contributed by atoms with Crippen molar-refractivity contribution in [2.75, 3.05) is 39.4 Å². The fourth-order valence-electron chi connectivity index (χ4n) is 4.07. The molecule has 3 heterocycles. The van der Waals surface area contributed by atoms with Crippen LogP contribution < -0.4 is 0 Å². The monoisotopic (exact) mass is 435 g/mol. The molecule has 162 valence electrons. The normalized spacial score (nSPS) is 25.9. The quantitative estimate of drug-likeness (QED) is 0.723. The standard InChI is InChI=1S/C20H26ClN5O4/c1-13-18(22-23-26(13)15-4-2-14(21)3-5-15)20(29)25-7-6-17(27)19(28)16(12-25)24-8-10-30-11-9-24/h2-5,16-17,19,27-28H,6-12H2,1H3/t16-,17-,19+/m1/s1. The first-order valence-corrected chi connectivity index (χ1v) is 10.5. The van der Waals surface area contributed by atoms with Gasteiger partial charge in [0.1, 0.15) is 0 Å². The number of hydrogen-bond donors (Lipinski definition) is 2. The molecule has 0 aliphatic carbocycles. The van der Waals surface area contributed by atoms with E-state index in [2.05, 4.69) is 15.2 Å². The molecule has 1 aromatic carbocycles. The van der Waals surface area contributed by atoms with Crippen molar-refractivity contribution in [3.63, 3.8) is 0 Å². The number of nitrogens with zero attached hydrogens (tertiary/aromatic N) is 5. The van der Waals surface area contributed by atoms with Gasteiger partial charge < -0.3 is 19.8 Å². The van der Waals surface area contributed by atoms with Crippen molar-refractivity contribution < 1.29 is 19.7 Å². The Morgan fingerprint density at radius 2 is 1.87 bits per heavy atom. The van der Waals surface area contributed by atoms with Gasteiger partial charge in [-0.25, -0.2) is 4.68 Å². The van der Waals surface area contributed by atoms with Crippen LogP contribution in [0.4, 0.5) is 0 Å². The van der Waals surface area contributed by atoms with E-state index in [4.69, 9.17) is 16.3 Å². The summed E-state index contributed by atoms with van der Waals surface area (Å²) in [6.45, 7) is 4.90. The molecule has 0 unspecified atom stereocenters. The second-order valence-corrected chi connectivity index (χ2v) is 8.16. The number of morpholine rings is 1. The lowest BCUT2D eigenvalue weighted by atomic mass is 10.0. The van der Waals surface area contributed by atoms with Crippen LogP contribution in [0.5, 0.6) is 0 Å². The van der Waals surface area contributed by atoms with E-state index >= 15 is 0 Å². The Morgan fingerprint density at radius 3 is 2.57 bits per heavy atom. The van der Waals surface area contributed by atoms with Gasteiger partial charge in [0.15, 0.2) is 5.69 Å². The van der Waals surface area contributed by atoms with Crippen LogP contribution in [0.15, 0.2) is 24.3 Å². The molecule has 2 fully saturated rings. The van der Waals surface area contributed by atoms with Crippen LogP contribution in [-0.4, -0.2) is 98.6 Å². The molecule has 0 radical (unpaired) electrons. The molecule has 3 atom stereocenters. The number of halogens is 1. The number of ether oxygens (including phenoxy) is 1. The maximum Gasteiger partial charge on any atom is 0.276 e. The highest BCUT2D eigenvalue weighted by Gasteiger charge is 2.38. The van der Waals surface area contributed by atoms with Gasteiger partial charge in [-0.3, -0.25) is 9.69 Å². The number of benzene rings is 1. The molecule has 9 nitrogen and oxygen atoms in total. The lowest BCUT2D eigenvalue weighted by molar-refractivity contribution is -0.0609. The molecule has 2 aliphatic rings. The average molecular weight is 436 g/mol. The zero-order chi connectivity index (χ0) is 21.3. The summed E-state index contributed by atoms with van der Waals surface area (Å²) in [5.74, 6) is -0.257. The highest BCUT2D eigenvalue weighted by molar-refractivity contribution is 6.30. The topological polar surface area (TPSA) is 104 Å². The van der Waals surface area contributed by atoms with Gasteiger partial charge in [-0.2, -0.15) is 0 Å². The van der Waals surface area contributed by atoms with Gasteiger partial charge in [-0.05, 0) is 37.6 Å². The summed E-state index contributed by atoms with van der Waals surface area (Å²) in [6, 6.07) is 6.77. The Hall–Kier alpha value is -2.04. The molecular formula is C20H26ClN5O4. The number of amides is 1. The zero-order valence-electron chi connectivity index (χ0n) is 16.8. The SMILES string of the molecule is Cc1c(C(=O)N2CC[C@@H](O)[C@@H](O)[C@H](N3CCOCC3)C2)nnn1-c1ccc(Cl)cc1. The summed E-state index contributed by atoms with van der Waals surface area (Å²) in [6.07, 6.45) is -1.51. The molecule has 2 saturated heterocycles. The van der Waals surface area contributed by atoms with Crippen molar-refractivity contribution >= 4 is 17.5 Å². The second kappa shape index (κ2) is 8.99. The molecule has 1 aromatic heterocycles. The maximum absolute atomic E-state index is 13.3. The van der Waals surface area contributed by atoms with Gasteiger partial charge in [0.2, 0.25) is 0 Å². The van der Waals surface area contributed by atoms with E-state index in [0.717, 1.165) is 5.69 Å².